The fourth-order valence-electron chi connectivity index (χ4n) is 4.88. The topological polar surface area (TPSA) is 90.8 Å². The van der Waals surface area contributed by atoms with E-state index in [1.807, 2.05) is 71.6 Å². The van der Waals surface area contributed by atoms with Crippen molar-refractivity contribution >= 4 is 50.3 Å². The summed E-state index contributed by atoms with van der Waals surface area (Å²) < 4.78 is 11.5. The maximum absolute atomic E-state index is 13.0. The standard InChI is InChI=1S/C28H26N4O4/c1-35-26-15-20-19-7-3-5-9-24(19)36-25(20)16-22(26)30-27(33)17-31-10-12-32(13-11-31)28(34)23-14-18-6-2-4-8-21(18)29-23/h2-9,14-16,29H,10-13,17H2,1H3,(H,30,33). The number of rotatable bonds is 5. The molecular formula is C28H26N4O4. The number of nitrogens with one attached hydrogen (secondary N) is 2. The van der Waals surface area contributed by atoms with Crippen LogP contribution in [0.15, 0.2) is 71.1 Å². The lowest BCUT2D eigenvalue weighted by Gasteiger charge is -2.34. The normalized spacial score (nSPS) is 14.5. The molecule has 1 aliphatic rings. The maximum Gasteiger partial charge on any atom is 0.270 e. The molecule has 3 heterocycles. The summed E-state index contributed by atoms with van der Waals surface area (Å²) in [6, 6.07) is 21.3. The first kappa shape index (κ1) is 22.2. The molecule has 0 spiro atoms. The number of para-hydroxylation sites is 2. The zero-order valence-corrected chi connectivity index (χ0v) is 19.9. The Labute approximate surface area is 207 Å². The summed E-state index contributed by atoms with van der Waals surface area (Å²) in [5.74, 6) is 0.425. The Balaban J connectivity index is 1.09. The molecule has 36 heavy (non-hydrogen) atoms. The van der Waals surface area contributed by atoms with Crippen LogP contribution in [0.4, 0.5) is 5.69 Å². The van der Waals surface area contributed by atoms with E-state index in [0.717, 1.165) is 27.3 Å². The van der Waals surface area contributed by atoms with Crippen molar-refractivity contribution in [3.63, 3.8) is 0 Å². The van der Waals surface area contributed by atoms with Crippen LogP contribution in [0.5, 0.6) is 5.75 Å². The summed E-state index contributed by atoms with van der Waals surface area (Å²) >= 11 is 0. The Hall–Kier alpha value is -4.30. The highest BCUT2D eigenvalue weighted by Crippen LogP contribution is 2.36. The second-order valence-corrected chi connectivity index (χ2v) is 9.03. The number of piperazine rings is 1. The number of hydrogen-bond donors (Lipinski definition) is 2. The van der Waals surface area contributed by atoms with Gasteiger partial charge in [-0.15, -0.1) is 0 Å². The van der Waals surface area contributed by atoms with Crippen LogP contribution < -0.4 is 10.1 Å². The Morgan fingerprint density at radius 3 is 2.53 bits per heavy atom. The van der Waals surface area contributed by atoms with Crippen molar-refractivity contribution in [2.45, 2.75) is 0 Å². The minimum atomic E-state index is -0.140. The van der Waals surface area contributed by atoms with Gasteiger partial charge >= 0.3 is 0 Å². The van der Waals surface area contributed by atoms with Crippen LogP contribution >= 0.6 is 0 Å². The molecule has 1 saturated heterocycles. The highest BCUT2D eigenvalue weighted by atomic mass is 16.5. The molecule has 0 saturated carbocycles. The smallest absolute Gasteiger partial charge is 0.270 e. The Bertz CT molecular complexity index is 1560. The summed E-state index contributed by atoms with van der Waals surface area (Å²) in [5, 5.41) is 5.93. The summed E-state index contributed by atoms with van der Waals surface area (Å²) in [6.07, 6.45) is 0. The van der Waals surface area contributed by atoms with E-state index in [1.165, 1.54) is 0 Å². The van der Waals surface area contributed by atoms with Crippen LogP contribution in [0.25, 0.3) is 32.8 Å². The predicted molar refractivity (Wildman–Crippen MR) is 140 cm³/mol. The van der Waals surface area contributed by atoms with Crippen LogP contribution in [0, 0.1) is 0 Å². The van der Waals surface area contributed by atoms with Gasteiger partial charge in [-0.3, -0.25) is 14.5 Å². The molecule has 6 rings (SSSR count). The van der Waals surface area contributed by atoms with Gasteiger partial charge in [-0.25, -0.2) is 0 Å². The first-order chi connectivity index (χ1) is 17.6. The fraction of sp³-hybridized carbons (Fsp3) is 0.214. The number of furan rings is 1. The molecule has 2 amide bonds. The molecule has 0 atom stereocenters. The second kappa shape index (κ2) is 9.05. The average Bonchev–Trinajstić information content (AvgIpc) is 3.49. The van der Waals surface area contributed by atoms with Crippen LogP contribution in [-0.4, -0.2) is 66.4 Å². The van der Waals surface area contributed by atoms with E-state index >= 15 is 0 Å². The zero-order valence-electron chi connectivity index (χ0n) is 19.9. The van der Waals surface area contributed by atoms with Crippen molar-refractivity contribution in [1.29, 1.82) is 0 Å². The van der Waals surface area contributed by atoms with Crippen LogP contribution in [-0.2, 0) is 4.79 Å². The zero-order chi connectivity index (χ0) is 24.6. The molecule has 8 heteroatoms. The monoisotopic (exact) mass is 482 g/mol. The highest BCUT2D eigenvalue weighted by molar-refractivity contribution is 6.08. The summed E-state index contributed by atoms with van der Waals surface area (Å²) in [6.45, 7) is 2.61. The Morgan fingerprint density at radius 1 is 0.944 bits per heavy atom. The van der Waals surface area contributed by atoms with Gasteiger partial charge in [0.25, 0.3) is 5.91 Å². The number of H-pyrrole nitrogens is 1. The van der Waals surface area contributed by atoms with Gasteiger partial charge in [-0.05, 0) is 24.3 Å². The number of benzene rings is 3. The van der Waals surface area contributed by atoms with Gasteiger partial charge < -0.3 is 24.4 Å². The van der Waals surface area contributed by atoms with Crippen molar-refractivity contribution in [1.82, 2.24) is 14.8 Å². The number of aromatic amines is 1. The lowest BCUT2D eigenvalue weighted by atomic mass is 10.1. The van der Waals surface area contributed by atoms with Crippen molar-refractivity contribution in [2.75, 3.05) is 45.2 Å². The molecule has 0 radical (unpaired) electrons. The Kier molecular flexibility index (Phi) is 5.58. The number of hydrogen-bond acceptors (Lipinski definition) is 5. The van der Waals surface area contributed by atoms with Gasteiger partial charge in [-0.1, -0.05) is 36.4 Å². The van der Waals surface area contributed by atoms with E-state index in [2.05, 4.69) is 15.2 Å². The number of carbonyl (C=O) groups excluding carboxylic acids is 2. The van der Waals surface area contributed by atoms with Crippen molar-refractivity contribution in [3.05, 3.63) is 72.4 Å². The average molecular weight is 483 g/mol. The van der Waals surface area contributed by atoms with Crippen LogP contribution in [0.3, 0.4) is 0 Å². The van der Waals surface area contributed by atoms with E-state index in [-0.39, 0.29) is 18.4 Å². The number of amides is 2. The maximum atomic E-state index is 13.0. The van der Waals surface area contributed by atoms with Gasteiger partial charge in [0.2, 0.25) is 5.91 Å². The van der Waals surface area contributed by atoms with E-state index < -0.39 is 0 Å². The van der Waals surface area contributed by atoms with Crippen molar-refractivity contribution in [2.24, 2.45) is 0 Å². The van der Waals surface area contributed by atoms with E-state index in [4.69, 9.17) is 9.15 Å². The van der Waals surface area contributed by atoms with Crippen LogP contribution in [0.2, 0.25) is 0 Å². The molecule has 182 valence electrons. The highest BCUT2D eigenvalue weighted by Gasteiger charge is 2.25. The third-order valence-electron chi connectivity index (χ3n) is 6.76. The van der Waals surface area contributed by atoms with Gasteiger partial charge in [0.1, 0.15) is 22.6 Å². The van der Waals surface area contributed by atoms with Crippen LogP contribution in [0.1, 0.15) is 10.5 Å². The molecule has 0 unspecified atom stereocenters. The minimum absolute atomic E-state index is 0.0147. The molecule has 5 aromatic rings. The molecule has 1 fully saturated rings. The lowest BCUT2D eigenvalue weighted by Crippen LogP contribution is -2.50. The number of carbonyl (C=O) groups is 2. The number of aromatic nitrogens is 1. The molecule has 0 aliphatic carbocycles. The third kappa shape index (κ3) is 4.05. The number of anilines is 1. The quantitative estimate of drug-likeness (QED) is 0.386. The molecule has 3 aromatic carbocycles. The van der Waals surface area contributed by atoms with Gasteiger partial charge in [0.15, 0.2) is 0 Å². The molecule has 2 aromatic heterocycles. The number of fused-ring (bicyclic) bond motifs is 4. The largest absolute Gasteiger partial charge is 0.495 e. The third-order valence-corrected chi connectivity index (χ3v) is 6.76. The molecule has 2 N–H and O–H groups in total. The van der Waals surface area contributed by atoms with Gasteiger partial charge in [-0.2, -0.15) is 0 Å². The molecule has 0 bridgehead atoms. The first-order valence-electron chi connectivity index (χ1n) is 12.0. The summed E-state index contributed by atoms with van der Waals surface area (Å²) in [5.41, 5.74) is 3.60. The Morgan fingerprint density at radius 2 is 1.72 bits per heavy atom. The van der Waals surface area contributed by atoms with E-state index in [1.54, 1.807) is 7.11 Å². The second-order valence-electron chi connectivity index (χ2n) is 9.03. The molecule has 8 nitrogen and oxygen atoms in total. The van der Waals surface area contributed by atoms with Crippen molar-refractivity contribution in [3.8, 4) is 5.75 Å². The van der Waals surface area contributed by atoms with E-state index in [9.17, 15) is 9.59 Å². The first-order valence-corrected chi connectivity index (χ1v) is 12.0. The van der Waals surface area contributed by atoms with Gasteiger partial charge in [0.05, 0.1) is 19.3 Å². The van der Waals surface area contributed by atoms with Crippen molar-refractivity contribution < 1.29 is 18.7 Å². The minimum Gasteiger partial charge on any atom is -0.495 e. The predicted octanol–water partition coefficient (Wildman–Crippen LogP) is 4.47. The molecule has 1 aliphatic heterocycles. The number of nitrogens with zero attached hydrogens (tertiary/aromatic N) is 2. The summed E-state index contributed by atoms with van der Waals surface area (Å²) in [4.78, 5) is 32.9. The van der Waals surface area contributed by atoms with E-state index in [0.29, 0.717) is 48.9 Å². The molecular weight excluding hydrogens is 456 g/mol. The number of methoxy groups -OCH3 is 1. The fourth-order valence-corrected chi connectivity index (χ4v) is 4.88. The van der Waals surface area contributed by atoms with Gasteiger partial charge in [0, 0.05) is 53.9 Å². The summed E-state index contributed by atoms with van der Waals surface area (Å²) in [7, 11) is 1.59. The lowest BCUT2D eigenvalue weighted by molar-refractivity contribution is -0.117. The number of ether oxygens (including phenoxy) is 1. The SMILES string of the molecule is COc1cc2c(cc1NC(=O)CN1CCN(C(=O)c3cc4ccccc4[nH]3)CC1)oc1ccccc12.